The van der Waals surface area contributed by atoms with E-state index in [0.29, 0.717) is 29.3 Å². The van der Waals surface area contributed by atoms with Gasteiger partial charge in [-0.05, 0) is 56.9 Å². The number of hydrogen-bond donors (Lipinski definition) is 2. The molecule has 1 aromatic carbocycles. The number of fused-ring (bicyclic) bond motifs is 1. The summed E-state index contributed by atoms with van der Waals surface area (Å²) in [5.74, 6) is 0.877. The van der Waals surface area contributed by atoms with Crippen LogP contribution in [0.2, 0.25) is 0 Å². The molecule has 0 aliphatic heterocycles. The summed E-state index contributed by atoms with van der Waals surface area (Å²) in [5.41, 5.74) is 4.83. The number of pyridine rings is 1. The number of carbonyl (C=O) groups is 1. The number of carbonyl (C=O) groups excluding carboxylic acids is 1. The predicted molar refractivity (Wildman–Crippen MR) is 149 cm³/mol. The summed E-state index contributed by atoms with van der Waals surface area (Å²) < 4.78 is 12.2. The fourth-order valence-corrected chi connectivity index (χ4v) is 3.32. The van der Waals surface area contributed by atoms with E-state index in [1.165, 1.54) is 6.33 Å². The van der Waals surface area contributed by atoms with Gasteiger partial charge in [0.15, 0.2) is 17.2 Å². The van der Waals surface area contributed by atoms with Gasteiger partial charge in [-0.25, -0.2) is 9.50 Å². The summed E-state index contributed by atoms with van der Waals surface area (Å²) in [6.45, 7) is 11.1. The summed E-state index contributed by atoms with van der Waals surface area (Å²) in [5, 5.41) is 10.6. The molecule has 3 aromatic rings. The zero-order valence-electron chi connectivity index (χ0n) is 22.8. The molecule has 0 aliphatic rings. The number of likely N-dealkylation sites (N-methyl/N-ethyl adjacent to an activating group) is 1. The second-order valence-electron chi connectivity index (χ2n) is 8.14. The number of hydrogen-bond acceptors (Lipinski definition) is 7. The molecule has 3 rings (SSSR count). The summed E-state index contributed by atoms with van der Waals surface area (Å²) in [7, 11) is 7.05. The van der Waals surface area contributed by atoms with E-state index >= 15 is 0 Å². The van der Waals surface area contributed by atoms with Gasteiger partial charge < -0.3 is 25.0 Å². The van der Waals surface area contributed by atoms with Crippen LogP contribution in [0.1, 0.15) is 31.1 Å². The van der Waals surface area contributed by atoms with E-state index in [4.69, 9.17) is 9.47 Å². The first-order valence-corrected chi connectivity index (χ1v) is 12.1. The monoisotopic (exact) mass is 506 g/mol. The van der Waals surface area contributed by atoms with Crippen LogP contribution < -0.4 is 10.6 Å². The van der Waals surface area contributed by atoms with Crippen LogP contribution in [0.15, 0.2) is 78.8 Å². The minimum Gasteiger partial charge on any atom is -0.494 e. The van der Waals surface area contributed by atoms with Gasteiger partial charge in [-0.3, -0.25) is 4.79 Å². The van der Waals surface area contributed by atoms with E-state index in [1.807, 2.05) is 82.4 Å². The number of nitrogens with zero attached hydrogens (tertiary/aromatic N) is 4. The summed E-state index contributed by atoms with van der Waals surface area (Å²) in [4.78, 5) is 18.8. The Morgan fingerprint density at radius 1 is 1.11 bits per heavy atom. The van der Waals surface area contributed by atoms with Gasteiger partial charge in [-0.1, -0.05) is 32.6 Å². The third-order valence-corrected chi connectivity index (χ3v) is 5.26. The Morgan fingerprint density at radius 2 is 1.81 bits per heavy atom. The van der Waals surface area contributed by atoms with Gasteiger partial charge in [0.05, 0.1) is 19.9 Å². The number of rotatable bonds is 11. The zero-order chi connectivity index (χ0) is 27.4. The maximum Gasteiger partial charge on any atom is 0.251 e. The normalized spacial score (nSPS) is 11.6. The first kappa shape index (κ1) is 29.1. The molecule has 2 heterocycles. The number of anilines is 1. The number of aromatic nitrogens is 3. The molecular weight excluding hydrogens is 468 g/mol. The molecule has 0 atom stereocenters. The summed E-state index contributed by atoms with van der Waals surface area (Å²) >= 11 is 0. The van der Waals surface area contributed by atoms with Crippen molar-refractivity contribution in [1.29, 1.82) is 0 Å². The van der Waals surface area contributed by atoms with E-state index in [-0.39, 0.29) is 5.91 Å². The largest absolute Gasteiger partial charge is 0.494 e. The molecule has 0 aliphatic carbocycles. The molecule has 198 valence electrons. The van der Waals surface area contributed by atoms with Crippen molar-refractivity contribution < 1.29 is 14.3 Å². The van der Waals surface area contributed by atoms with Crippen molar-refractivity contribution in [3.63, 3.8) is 0 Å². The third-order valence-electron chi connectivity index (χ3n) is 5.26. The second kappa shape index (κ2) is 14.4. The molecule has 9 heteroatoms. The third kappa shape index (κ3) is 8.22. The average Bonchev–Trinajstić information content (AvgIpc) is 3.39. The minimum atomic E-state index is -0.0899. The highest BCUT2D eigenvalue weighted by atomic mass is 16.5. The lowest BCUT2D eigenvalue weighted by molar-refractivity contribution is 0.0951. The van der Waals surface area contributed by atoms with E-state index < -0.39 is 0 Å². The molecule has 1 amide bonds. The van der Waals surface area contributed by atoms with Gasteiger partial charge in [0.25, 0.3) is 5.91 Å². The van der Waals surface area contributed by atoms with Gasteiger partial charge in [-0.15, -0.1) is 0 Å². The van der Waals surface area contributed by atoms with Crippen molar-refractivity contribution in [2.24, 2.45) is 0 Å². The summed E-state index contributed by atoms with van der Waals surface area (Å²) in [6.07, 6.45) is 7.06. The van der Waals surface area contributed by atoms with E-state index in [9.17, 15) is 4.79 Å². The SMILES string of the molecule is C=C(OC)/C(=C\C=C(/C)Nc1cc(-c2ccc(C(=O)NCCN(C)C)cc2)cn2ncnc12)OC.CC. The first-order valence-electron chi connectivity index (χ1n) is 12.1. The maximum atomic E-state index is 12.4. The van der Waals surface area contributed by atoms with Crippen LogP contribution in [-0.4, -0.2) is 66.8 Å². The maximum absolute atomic E-state index is 12.4. The Labute approximate surface area is 219 Å². The van der Waals surface area contributed by atoms with Crippen LogP contribution in [0.3, 0.4) is 0 Å². The highest BCUT2D eigenvalue weighted by molar-refractivity contribution is 5.94. The van der Waals surface area contributed by atoms with Crippen LogP contribution in [0.5, 0.6) is 0 Å². The van der Waals surface area contributed by atoms with Crippen LogP contribution in [0, 0.1) is 0 Å². The lowest BCUT2D eigenvalue weighted by Crippen LogP contribution is -2.31. The number of allylic oxidation sites excluding steroid dienone is 3. The highest BCUT2D eigenvalue weighted by Gasteiger charge is 2.10. The van der Waals surface area contributed by atoms with E-state index in [1.54, 1.807) is 24.8 Å². The van der Waals surface area contributed by atoms with Crippen molar-refractivity contribution in [1.82, 2.24) is 24.8 Å². The molecule has 2 N–H and O–H groups in total. The van der Waals surface area contributed by atoms with E-state index in [0.717, 1.165) is 29.1 Å². The smallest absolute Gasteiger partial charge is 0.251 e. The van der Waals surface area contributed by atoms with Crippen molar-refractivity contribution in [2.75, 3.05) is 46.7 Å². The number of methoxy groups -OCH3 is 2. The molecule has 0 radical (unpaired) electrons. The van der Waals surface area contributed by atoms with Crippen LogP contribution >= 0.6 is 0 Å². The Hall–Kier alpha value is -4.11. The van der Waals surface area contributed by atoms with Crippen LogP contribution in [-0.2, 0) is 9.47 Å². The number of benzene rings is 1. The first-order chi connectivity index (χ1) is 17.8. The molecule has 0 fully saturated rings. The molecule has 0 bridgehead atoms. The average molecular weight is 507 g/mol. The van der Waals surface area contributed by atoms with Gasteiger partial charge in [0.1, 0.15) is 6.33 Å². The topological polar surface area (TPSA) is 93.0 Å². The van der Waals surface area contributed by atoms with Crippen LogP contribution in [0.25, 0.3) is 16.8 Å². The minimum absolute atomic E-state index is 0.0899. The fraction of sp³-hybridized carbons (Fsp3) is 0.321. The molecule has 0 saturated heterocycles. The number of nitrogens with one attached hydrogen (secondary N) is 2. The standard InChI is InChI=1S/C26H32N6O3.C2H6/c1-18(7-12-24(35-6)19(2)34-5)30-23-15-22(16-32-25(23)28-17-29-32)20-8-10-21(11-9-20)26(33)27-13-14-31(3)4;1-2/h7-12,15-17,30H,2,13-14H2,1,3-6H3,(H,27,33);1-2H3/b18-7+,24-12+;. The zero-order valence-corrected chi connectivity index (χ0v) is 22.8. The predicted octanol–water partition coefficient (Wildman–Crippen LogP) is 4.72. The second-order valence-corrected chi connectivity index (χ2v) is 8.14. The van der Waals surface area contributed by atoms with Crippen molar-refractivity contribution >= 4 is 17.2 Å². The van der Waals surface area contributed by atoms with Gasteiger partial charge in [0.2, 0.25) is 0 Å². The highest BCUT2D eigenvalue weighted by Crippen LogP contribution is 2.26. The van der Waals surface area contributed by atoms with Crippen LogP contribution in [0.4, 0.5) is 5.69 Å². The molecule has 0 spiro atoms. The number of amides is 1. The Morgan fingerprint density at radius 3 is 2.43 bits per heavy atom. The number of ether oxygens (including phenoxy) is 2. The molecule has 37 heavy (non-hydrogen) atoms. The molecule has 0 saturated carbocycles. The van der Waals surface area contributed by atoms with Crippen molar-refractivity contribution in [3.05, 3.63) is 84.4 Å². The van der Waals surface area contributed by atoms with E-state index in [2.05, 4.69) is 27.3 Å². The van der Waals surface area contributed by atoms with Gasteiger partial charge in [0, 0.05) is 36.1 Å². The Bertz CT molecular complexity index is 1240. The lowest BCUT2D eigenvalue weighted by Gasteiger charge is -2.12. The van der Waals surface area contributed by atoms with Gasteiger partial charge in [-0.2, -0.15) is 5.10 Å². The van der Waals surface area contributed by atoms with Gasteiger partial charge >= 0.3 is 0 Å². The lowest BCUT2D eigenvalue weighted by atomic mass is 10.0. The van der Waals surface area contributed by atoms with Crippen molar-refractivity contribution in [2.45, 2.75) is 20.8 Å². The Kier molecular flexibility index (Phi) is 11.4. The quantitative estimate of drug-likeness (QED) is 0.287. The Balaban J connectivity index is 0.00000235. The van der Waals surface area contributed by atoms with Crippen molar-refractivity contribution in [3.8, 4) is 11.1 Å². The molecule has 2 aromatic heterocycles. The molecule has 9 nitrogen and oxygen atoms in total. The summed E-state index contributed by atoms with van der Waals surface area (Å²) in [6, 6.07) is 9.50. The fourth-order valence-electron chi connectivity index (χ4n) is 3.32. The molecule has 0 unspecified atom stereocenters. The molecular formula is C28H38N6O3.